The Bertz CT molecular complexity index is 563. The van der Waals surface area contributed by atoms with Crippen LogP contribution in [-0.4, -0.2) is 70.2 Å². The normalized spacial score (nSPS) is 21.6. The molecule has 128 valence electrons. The third-order valence-corrected chi connectivity index (χ3v) is 5.93. The molecule has 1 aliphatic carbocycles. The van der Waals surface area contributed by atoms with Crippen molar-refractivity contribution >= 4 is 17.7 Å². The molecule has 0 radical (unpaired) electrons. The van der Waals surface area contributed by atoms with Gasteiger partial charge in [0.25, 0.3) is 5.91 Å². The molecule has 1 aliphatic heterocycles. The highest BCUT2D eigenvalue weighted by Gasteiger charge is 2.32. The second kappa shape index (κ2) is 7.26. The van der Waals surface area contributed by atoms with Crippen LogP contribution in [0, 0.1) is 0 Å². The number of aryl methyl sites for hydroxylation is 1. The van der Waals surface area contributed by atoms with Gasteiger partial charge in [0.2, 0.25) is 0 Å². The van der Waals surface area contributed by atoms with Crippen LogP contribution in [0.3, 0.4) is 0 Å². The molecular formula is C17H28N4OS. The summed E-state index contributed by atoms with van der Waals surface area (Å²) in [6, 6.07) is 0.519. The number of fused-ring (bicyclic) bond motifs is 1. The summed E-state index contributed by atoms with van der Waals surface area (Å²) in [5.41, 5.74) is 3.25. The van der Waals surface area contributed by atoms with E-state index in [9.17, 15) is 4.79 Å². The van der Waals surface area contributed by atoms with Gasteiger partial charge in [0, 0.05) is 48.4 Å². The third kappa shape index (κ3) is 3.43. The molecule has 1 fully saturated rings. The molecular weight excluding hydrogens is 308 g/mol. The Morgan fingerprint density at radius 3 is 2.74 bits per heavy atom. The van der Waals surface area contributed by atoms with E-state index >= 15 is 0 Å². The van der Waals surface area contributed by atoms with Crippen LogP contribution in [0.5, 0.6) is 0 Å². The van der Waals surface area contributed by atoms with Crippen molar-refractivity contribution in [2.24, 2.45) is 0 Å². The molecule has 0 spiro atoms. The summed E-state index contributed by atoms with van der Waals surface area (Å²) in [5.74, 6) is 2.24. The highest BCUT2D eigenvalue weighted by atomic mass is 32.2. The first kappa shape index (κ1) is 16.8. The molecule has 23 heavy (non-hydrogen) atoms. The van der Waals surface area contributed by atoms with Gasteiger partial charge in [-0.25, -0.2) is 0 Å². The van der Waals surface area contributed by atoms with Crippen molar-refractivity contribution in [3.8, 4) is 0 Å². The van der Waals surface area contributed by atoms with Gasteiger partial charge >= 0.3 is 0 Å². The molecule has 1 atom stereocenters. The van der Waals surface area contributed by atoms with Crippen molar-refractivity contribution in [3.63, 3.8) is 0 Å². The number of hydrogen-bond acceptors (Lipinski definition) is 4. The summed E-state index contributed by atoms with van der Waals surface area (Å²) in [5, 5.41) is 4.75. The number of rotatable bonds is 4. The number of thioether (sulfide) groups is 1. The lowest BCUT2D eigenvalue weighted by molar-refractivity contribution is 0.0764. The Hall–Kier alpha value is -1.01. The Morgan fingerprint density at radius 2 is 2.09 bits per heavy atom. The van der Waals surface area contributed by atoms with Gasteiger partial charge in [-0.3, -0.25) is 9.48 Å². The van der Waals surface area contributed by atoms with E-state index in [0.29, 0.717) is 6.04 Å². The van der Waals surface area contributed by atoms with Crippen LogP contribution >= 0.6 is 11.8 Å². The lowest BCUT2D eigenvalue weighted by atomic mass is 9.90. The fourth-order valence-electron chi connectivity index (χ4n) is 3.59. The summed E-state index contributed by atoms with van der Waals surface area (Å²) in [6.45, 7) is 4.80. The minimum Gasteiger partial charge on any atom is -0.336 e. The number of aromatic nitrogens is 2. The van der Waals surface area contributed by atoms with Gasteiger partial charge < -0.3 is 9.80 Å². The number of amides is 1. The van der Waals surface area contributed by atoms with Crippen LogP contribution < -0.4 is 0 Å². The summed E-state index contributed by atoms with van der Waals surface area (Å²) < 4.78 is 2.10. The first-order chi connectivity index (χ1) is 11.1. The first-order valence-corrected chi connectivity index (χ1v) is 9.89. The van der Waals surface area contributed by atoms with Crippen molar-refractivity contribution in [2.45, 2.75) is 45.2 Å². The summed E-state index contributed by atoms with van der Waals surface area (Å²) in [6.07, 6.45) is 4.20. The Kier molecular flexibility index (Phi) is 5.31. The highest BCUT2D eigenvalue weighted by molar-refractivity contribution is 7.99. The van der Waals surface area contributed by atoms with Crippen LogP contribution in [0.4, 0.5) is 0 Å². The molecule has 1 aromatic heterocycles. The van der Waals surface area contributed by atoms with Gasteiger partial charge in [0.1, 0.15) is 0 Å². The van der Waals surface area contributed by atoms with Gasteiger partial charge in [0.05, 0.1) is 0 Å². The first-order valence-electron chi connectivity index (χ1n) is 8.73. The van der Waals surface area contributed by atoms with Crippen molar-refractivity contribution in [1.29, 1.82) is 0 Å². The summed E-state index contributed by atoms with van der Waals surface area (Å²) in [7, 11) is 4.27. The van der Waals surface area contributed by atoms with Crippen molar-refractivity contribution in [1.82, 2.24) is 19.6 Å². The molecule has 5 nitrogen and oxygen atoms in total. The number of nitrogens with zero attached hydrogens (tertiary/aromatic N) is 4. The minimum absolute atomic E-state index is 0.149. The SMILES string of the molecule is CCCn1nc(C(=O)N2CCSCC2)c2c1CC[C@H](N(C)C)C2. The molecule has 1 aromatic rings. The predicted octanol–water partition coefficient (Wildman–Crippen LogP) is 1.90. The maximum atomic E-state index is 13.0. The smallest absolute Gasteiger partial charge is 0.274 e. The lowest BCUT2D eigenvalue weighted by Crippen LogP contribution is -2.39. The molecule has 0 unspecified atom stereocenters. The molecule has 2 heterocycles. The lowest BCUT2D eigenvalue weighted by Gasteiger charge is -2.30. The van der Waals surface area contributed by atoms with Gasteiger partial charge in [-0.1, -0.05) is 6.92 Å². The fraction of sp³-hybridized carbons (Fsp3) is 0.765. The van der Waals surface area contributed by atoms with Crippen molar-refractivity contribution in [2.75, 3.05) is 38.7 Å². The zero-order valence-corrected chi connectivity index (χ0v) is 15.4. The van der Waals surface area contributed by atoms with E-state index in [2.05, 4.69) is 30.6 Å². The van der Waals surface area contributed by atoms with Gasteiger partial charge in [-0.15, -0.1) is 0 Å². The summed E-state index contributed by atoms with van der Waals surface area (Å²) in [4.78, 5) is 17.3. The van der Waals surface area contributed by atoms with E-state index in [1.165, 1.54) is 11.3 Å². The topological polar surface area (TPSA) is 41.4 Å². The quantitative estimate of drug-likeness (QED) is 0.842. The van der Waals surface area contributed by atoms with E-state index in [1.54, 1.807) is 0 Å². The van der Waals surface area contributed by atoms with Gasteiger partial charge in [-0.05, 0) is 39.8 Å². The Labute approximate surface area is 143 Å². The molecule has 0 bridgehead atoms. The van der Waals surface area contributed by atoms with E-state index < -0.39 is 0 Å². The van der Waals surface area contributed by atoms with Crippen molar-refractivity contribution in [3.05, 3.63) is 17.0 Å². The number of carbonyl (C=O) groups excluding carboxylic acids is 1. The van der Waals surface area contributed by atoms with E-state index in [1.807, 2.05) is 16.7 Å². The molecule has 3 rings (SSSR count). The monoisotopic (exact) mass is 336 g/mol. The van der Waals surface area contributed by atoms with E-state index in [-0.39, 0.29) is 5.91 Å². The zero-order chi connectivity index (χ0) is 16.4. The molecule has 1 saturated heterocycles. The largest absolute Gasteiger partial charge is 0.336 e. The number of likely N-dealkylation sites (N-methyl/N-ethyl adjacent to an activating group) is 1. The van der Waals surface area contributed by atoms with Crippen LogP contribution in [0.2, 0.25) is 0 Å². The molecule has 0 aromatic carbocycles. The molecule has 0 saturated carbocycles. The standard InChI is InChI=1S/C17H28N4OS/c1-4-7-21-15-6-5-13(19(2)3)12-14(15)16(18-21)17(22)20-8-10-23-11-9-20/h13H,4-12H2,1-3H3/t13-/m0/s1. The van der Waals surface area contributed by atoms with Crippen molar-refractivity contribution < 1.29 is 4.79 Å². The minimum atomic E-state index is 0.149. The number of carbonyl (C=O) groups is 1. The summed E-state index contributed by atoms with van der Waals surface area (Å²) >= 11 is 1.93. The predicted molar refractivity (Wildman–Crippen MR) is 95.2 cm³/mol. The van der Waals surface area contributed by atoms with Gasteiger partial charge in [0.15, 0.2) is 5.69 Å². The maximum Gasteiger partial charge on any atom is 0.274 e. The second-order valence-corrected chi connectivity index (χ2v) is 7.99. The highest BCUT2D eigenvalue weighted by Crippen LogP contribution is 2.28. The average Bonchev–Trinajstić information content (AvgIpc) is 2.93. The average molecular weight is 337 g/mol. The van der Waals surface area contributed by atoms with Crippen LogP contribution in [-0.2, 0) is 19.4 Å². The maximum absolute atomic E-state index is 13.0. The molecule has 2 aliphatic rings. The zero-order valence-electron chi connectivity index (χ0n) is 14.5. The van der Waals surface area contributed by atoms with E-state index in [0.717, 1.165) is 62.5 Å². The Morgan fingerprint density at radius 1 is 1.35 bits per heavy atom. The van der Waals surface area contributed by atoms with Crippen LogP contribution in [0.1, 0.15) is 41.5 Å². The third-order valence-electron chi connectivity index (χ3n) is 4.99. The molecule has 0 N–H and O–H groups in total. The van der Waals surface area contributed by atoms with Crippen LogP contribution in [0.15, 0.2) is 0 Å². The van der Waals surface area contributed by atoms with Gasteiger partial charge in [-0.2, -0.15) is 16.9 Å². The Balaban J connectivity index is 1.91. The number of hydrogen-bond donors (Lipinski definition) is 0. The molecule has 6 heteroatoms. The molecule has 1 amide bonds. The second-order valence-electron chi connectivity index (χ2n) is 6.76. The fourth-order valence-corrected chi connectivity index (χ4v) is 4.50. The van der Waals surface area contributed by atoms with Crippen LogP contribution in [0.25, 0.3) is 0 Å². The van der Waals surface area contributed by atoms with E-state index in [4.69, 9.17) is 5.10 Å².